The van der Waals surface area contributed by atoms with Crippen molar-refractivity contribution in [1.29, 1.82) is 0 Å². The van der Waals surface area contributed by atoms with E-state index in [-0.39, 0.29) is 5.54 Å². The third kappa shape index (κ3) is 3.35. The Balaban J connectivity index is 1.49. The van der Waals surface area contributed by atoms with Crippen molar-refractivity contribution in [2.75, 3.05) is 0 Å². The summed E-state index contributed by atoms with van der Waals surface area (Å²) < 4.78 is 1.83. The highest BCUT2D eigenvalue weighted by atomic mass is 15.3. The van der Waals surface area contributed by atoms with Gasteiger partial charge in [-0.1, -0.05) is 60.7 Å². The van der Waals surface area contributed by atoms with Gasteiger partial charge in [-0.3, -0.25) is 4.98 Å². The summed E-state index contributed by atoms with van der Waals surface area (Å²) in [4.78, 5) is 14.3. The fraction of sp³-hybridized carbons (Fsp3) is 0.241. The number of benzene rings is 2. The number of hydrogen-bond acceptors (Lipinski definition) is 6. The van der Waals surface area contributed by atoms with Crippen LogP contribution in [0.5, 0.6) is 0 Å². The molecule has 2 aromatic carbocycles. The van der Waals surface area contributed by atoms with Gasteiger partial charge in [0.1, 0.15) is 5.69 Å². The summed E-state index contributed by atoms with van der Waals surface area (Å²) >= 11 is 0. The summed E-state index contributed by atoms with van der Waals surface area (Å²) in [6, 6.07) is 24.6. The molecule has 5 aromatic rings. The lowest BCUT2D eigenvalue weighted by Gasteiger charge is -2.38. The number of fused-ring (bicyclic) bond motifs is 1. The monoisotopic (exact) mass is 473 g/mol. The molecular weight excluding hydrogens is 446 g/mol. The zero-order valence-electron chi connectivity index (χ0n) is 19.9. The van der Waals surface area contributed by atoms with Crippen LogP contribution in [0, 0.1) is 0 Å². The number of nitrogens with zero attached hydrogens (tertiary/aromatic N) is 5. The molecule has 0 radical (unpaired) electrons. The van der Waals surface area contributed by atoms with Crippen LogP contribution in [0.2, 0.25) is 0 Å². The maximum atomic E-state index is 6.93. The summed E-state index contributed by atoms with van der Waals surface area (Å²) in [5, 5.41) is 4.86. The van der Waals surface area contributed by atoms with E-state index < -0.39 is 5.54 Å². The van der Waals surface area contributed by atoms with Crippen molar-refractivity contribution >= 4 is 5.78 Å². The van der Waals surface area contributed by atoms with E-state index in [0.29, 0.717) is 17.3 Å². The van der Waals surface area contributed by atoms with Crippen molar-refractivity contribution in [2.45, 2.75) is 43.2 Å². The molecule has 7 rings (SSSR count). The largest absolute Gasteiger partial charge is 0.321 e. The number of hydrogen-bond donors (Lipinski definition) is 2. The minimum atomic E-state index is -0.483. The lowest BCUT2D eigenvalue weighted by Crippen LogP contribution is -2.43. The molecule has 0 unspecified atom stereocenters. The Kier molecular flexibility index (Phi) is 4.61. The molecule has 2 aliphatic rings. The van der Waals surface area contributed by atoms with E-state index in [9.17, 15) is 0 Å². The van der Waals surface area contributed by atoms with Gasteiger partial charge in [0.2, 0.25) is 5.82 Å². The zero-order chi connectivity index (χ0) is 24.3. The average Bonchev–Trinajstić information content (AvgIpc) is 3.51. The third-order valence-corrected chi connectivity index (χ3v) is 7.68. The Bertz CT molecular complexity index is 1570. The lowest BCUT2D eigenvalue weighted by molar-refractivity contribution is 0.253. The molecule has 0 spiro atoms. The van der Waals surface area contributed by atoms with Gasteiger partial charge in [0.05, 0.1) is 16.9 Å². The lowest BCUT2D eigenvalue weighted by atomic mass is 9.72. The third-order valence-electron chi connectivity index (χ3n) is 7.68. The maximum Gasteiger partial charge on any atom is 0.253 e. The van der Waals surface area contributed by atoms with Crippen LogP contribution in [0.4, 0.5) is 0 Å². The molecule has 7 nitrogen and oxygen atoms in total. The Morgan fingerprint density at radius 3 is 2.11 bits per heavy atom. The van der Waals surface area contributed by atoms with Crippen LogP contribution in [0.3, 0.4) is 0 Å². The van der Waals surface area contributed by atoms with E-state index in [0.717, 1.165) is 53.8 Å². The summed E-state index contributed by atoms with van der Waals surface area (Å²) in [6.45, 7) is 0. The van der Waals surface area contributed by atoms with Gasteiger partial charge in [0.25, 0.3) is 5.78 Å². The van der Waals surface area contributed by atoms with E-state index in [4.69, 9.17) is 26.5 Å². The normalized spacial score (nSPS) is 17.6. The number of nitrogens with two attached hydrogens (primary N) is 2. The van der Waals surface area contributed by atoms with Crippen molar-refractivity contribution < 1.29 is 0 Å². The van der Waals surface area contributed by atoms with Crippen molar-refractivity contribution in [3.63, 3.8) is 0 Å². The van der Waals surface area contributed by atoms with Crippen molar-refractivity contribution in [3.05, 3.63) is 90.3 Å². The van der Waals surface area contributed by atoms with Gasteiger partial charge >= 0.3 is 0 Å². The standard InChI is InChI=1S/C29H27N7/c30-28(14-6-15-28)21-12-10-20(11-13-21)24-23(19-7-2-1-3-8-19)25(29(31)16-17-29)36-27(33-24)34-26(35-36)22-9-4-5-18-32-22/h1-5,7-13,18H,6,14-17,30-31H2. The SMILES string of the molecule is NC1(c2ccc(-c3nc4nc(-c5ccccn5)nn4c(C4(N)CC4)c3-c3ccccc3)cc2)CCC1. The molecule has 2 saturated carbocycles. The first-order chi connectivity index (χ1) is 17.5. The molecule has 0 saturated heterocycles. The smallest absolute Gasteiger partial charge is 0.253 e. The summed E-state index contributed by atoms with van der Waals surface area (Å²) in [7, 11) is 0. The molecule has 0 amide bonds. The number of pyridine rings is 1. The highest BCUT2D eigenvalue weighted by Gasteiger charge is 2.45. The first-order valence-corrected chi connectivity index (χ1v) is 12.5. The first-order valence-electron chi connectivity index (χ1n) is 12.5. The predicted octanol–water partition coefficient (Wildman–Crippen LogP) is 4.81. The van der Waals surface area contributed by atoms with Crippen LogP contribution in [-0.2, 0) is 11.1 Å². The van der Waals surface area contributed by atoms with Gasteiger partial charge in [0, 0.05) is 22.9 Å². The van der Waals surface area contributed by atoms with Crippen molar-refractivity contribution in [3.8, 4) is 33.9 Å². The van der Waals surface area contributed by atoms with E-state index in [1.165, 1.54) is 12.0 Å². The highest BCUT2D eigenvalue weighted by molar-refractivity contribution is 5.85. The van der Waals surface area contributed by atoms with Crippen LogP contribution >= 0.6 is 0 Å². The summed E-state index contributed by atoms with van der Waals surface area (Å²) in [5.74, 6) is 1.06. The van der Waals surface area contributed by atoms with Crippen molar-refractivity contribution in [1.82, 2.24) is 24.6 Å². The van der Waals surface area contributed by atoms with Crippen LogP contribution in [0.1, 0.15) is 43.4 Å². The molecule has 0 atom stereocenters. The van der Waals surface area contributed by atoms with Gasteiger partial charge in [-0.2, -0.15) is 9.50 Å². The molecule has 3 aromatic heterocycles. The second kappa shape index (κ2) is 7.78. The molecule has 7 heteroatoms. The van der Waals surface area contributed by atoms with Crippen LogP contribution in [0.15, 0.2) is 79.0 Å². The van der Waals surface area contributed by atoms with Gasteiger partial charge in [0.15, 0.2) is 0 Å². The second-order valence-electron chi connectivity index (χ2n) is 10.2. The van der Waals surface area contributed by atoms with Crippen LogP contribution < -0.4 is 11.5 Å². The first kappa shape index (κ1) is 21.4. The Labute approximate surface area is 209 Å². The molecule has 178 valence electrons. The minimum absolute atomic E-state index is 0.205. The van der Waals surface area contributed by atoms with Gasteiger partial charge in [-0.25, -0.2) is 4.98 Å². The van der Waals surface area contributed by atoms with E-state index in [1.54, 1.807) is 6.20 Å². The molecule has 0 aliphatic heterocycles. The predicted molar refractivity (Wildman–Crippen MR) is 140 cm³/mol. The van der Waals surface area contributed by atoms with E-state index in [1.807, 2.05) is 40.9 Å². The number of aromatic nitrogens is 5. The second-order valence-corrected chi connectivity index (χ2v) is 10.2. The molecular formula is C29H27N7. The summed E-state index contributed by atoms with van der Waals surface area (Å²) in [5.41, 5.74) is 19.6. The quantitative estimate of drug-likeness (QED) is 0.379. The Morgan fingerprint density at radius 1 is 0.722 bits per heavy atom. The fourth-order valence-electron chi connectivity index (χ4n) is 5.23. The van der Waals surface area contributed by atoms with Gasteiger partial charge < -0.3 is 11.5 Å². The van der Waals surface area contributed by atoms with Crippen LogP contribution in [0.25, 0.3) is 39.7 Å². The maximum absolute atomic E-state index is 6.93. The van der Waals surface area contributed by atoms with Crippen LogP contribution in [-0.4, -0.2) is 24.6 Å². The minimum Gasteiger partial charge on any atom is -0.321 e. The zero-order valence-corrected chi connectivity index (χ0v) is 19.9. The summed E-state index contributed by atoms with van der Waals surface area (Å²) in [6.07, 6.45) is 6.76. The van der Waals surface area contributed by atoms with Gasteiger partial charge in [-0.15, -0.1) is 5.10 Å². The van der Waals surface area contributed by atoms with E-state index in [2.05, 4.69) is 41.4 Å². The number of rotatable bonds is 5. The fourth-order valence-corrected chi connectivity index (χ4v) is 5.23. The molecule has 4 N–H and O–H groups in total. The van der Waals surface area contributed by atoms with Gasteiger partial charge in [-0.05, 0) is 55.4 Å². The average molecular weight is 474 g/mol. The Hall–Kier alpha value is -3.94. The molecule has 3 heterocycles. The Morgan fingerprint density at radius 2 is 1.47 bits per heavy atom. The molecule has 2 aliphatic carbocycles. The van der Waals surface area contributed by atoms with E-state index >= 15 is 0 Å². The molecule has 0 bridgehead atoms. The molecule has 2 fully saturated rings. The van der Waals surface area contributed by atoms with Crippen molar-refractivity contribution in [2.24, 2.45) is 11.5 Å². The molecule has 36 heavy (non-hydrogen) atoms. The topological polar surface area (TPSA) is 108 Å². The highest BCUT2D eigenvalue weighted by Crippen LogP contribution is 2.49.